The minimum absolute atomic E-state index is 0.0322. The number of H-pyrrole nitrogens is 1. The lowest BCUT2D eigenvalue weighted by atomic mass is 9.84. The van der Waals surface area contributed by atoms with Gasteiger partial charge in [-0.25, -0.2) is 0 Å². The monoisotopic (exact) mass is 245 g/mol. The molecule has 0 radical (unpaired) electrons. The highest BCUT2D eigenvalue weighted by atomic mass is 16.3. The number of phenolic OH excluding ortho intramolecular Hbond substituents is 1. The minimum atomic E-state index is -0.262. The summed E-state index contributed by atoms with van der Waals surface area (Å²) in [6.07, 6.45) is 2.29. The molecule has 0 aliphatic heterocycles. The average Bonchev–Trinajstić information content (AvgIpc) is 2.81. The van der Waals surface area contributed by atoms with Crippen LogP contribution in [-0.4, -0.2) is 26.8 Å². The molecule has 0 aliphatic carbocycles. The minimum Gasteiger partial charge on any atom is -0.507 e. The quantitative estimate of drug-likeness (QED) is 0.795. The molecule has 2 aromatic rings. The molecule has 2 rings (SSSR count). The Balaban J connectivity index is 2.68. The van der Waals surface area contributed by atoms with Gasteiger partial charge in [-0.15, -0.1) is 5.10 Å². The number of carbonyl (C=O) groups is 1. The maximum absolute atomic E-state index is 11.0. The molecule has 94 valence electrons. The lowest BCUT2D eigenvalue weighted by molar-refractivity contribution is 0.112. The molecule has 1 heterocycles. The zero-order valence-electron chi connectivity index (χ0n) is 10.6. The lowest BCUT2D eigenvalue weighted by Gasteiger charge is -2.22. The Bertz CT molecular complexity index is 569. The van der Waals surface area contributed by atoms with Gasteiger partial charge in [0.05, 0.1) is 5.56 Å². The van der Waals surface area contributed by atoms with E-state index in [0.29, 0.717) is 17.5 Å². The summed E-state index contributed by atoms with van der Waals surface area (Å²) < 4.78 is 0. The molecule has 0 fully saturated rings. The summed E-state index contributed by atoms with van der Waals surface area (Å²) >= 11 is 0. The van der Waals surface area contributed by atoms with Crippen LogP contribution in [-0.2, 0) is 5.41 Å². The third-order valence-electron chi connectivity index (χ3n) is 2.79. The van der Waals surface area contributed by atoms with Crippen LogP contribution in [0.15, 0.2) is 18.3 Å². The third-order valence-corrected chi connectivity index (χ3v) is 2.79. The number of aromatic amines is 1. The van der Waals surface area contributed by atoms with Crippen LogP contribution in [0.2, 0.25) is 0 Å². The van der Waals surface area contributed by atoms with Gasteiger partial charge in [-0.1, -0.05) is 26.0 Å². The third kappa shape index (κ3) is 2.11. The summed E-state index contributed by atoms with van der Waals surface area (Å²) in [4.78, 5) is 11.0. The van der Waals surface area contributed by atoms with E-state index in [-0.39, 0.29) is 16.7 Å². The van der Waals surface area contributed by atoms with E-state index in [1.807, 2.05) is 26.8 Å². The van der Waals surface area contributed by atoms with E-state index in [0.717, 1.165) is 5.56 Å². The highest BCUT2D eigenvalue weighted by Gasteiger charge is 2.22. The zero-order valence-corrected chi connectivity index (χ0v) is 10.6. The summed E-state index contributed by atoms with van der Waals surface area (Å²) in [7, 11) is 0. The number of benzene rings is 1. The summed E-state index contributed by atoms with van der Waals surface area (Å²) in [6, 6.07) is 3.44. The number of hydrogen-bond acceptors (Lipinski definition) is 4. The molecule has 0 bridgehead atoms. The molecule has 1 aromatic heterocycles. The predicted octanol–water partition coefficient (Wildman–Crippen LogP) is 2.29. The van der Waals surface area contributed by atoms with E-state index >= 15 is 0 Å². The number of nitrogens with one attached hydrogen (secondary N) is 1. The van der Waals surface area contributed by atoms with Gasteiger partial charge in [0.1, 0.15) is 11.4 Å². The van der Waals surface area contributed by atoms with Gasteiger partial charge in [0.2, 0.25) is 0 Å². The van der Waals surface area contributed by atoms with Gasteiger partial charge in [-0.05, 0) is 17.5 Å². The molecule has 0 unspecified atom stereocenters. The van der Waals surface area contributed by atoms with Crippen LogP contribution in [0.5, 0.6) is 5.75 Å². The van der Waals surface area contributed by atoms with Gasteiger partial charge in [0, 0.05) is 17.3 Å². The van der Waals surface area contributed by atoms with E-state index in [2.05, 4.69) is 15.4 Å². The fourth-order valence-corrected chi connectivity index (χ4v) is 1.81. The Hall–Kier alpha value is -2.17. The summed E-state index contributed by atoms with van der Waals surface area (Å²) in [5.74, 6) is 0.0322. The topological polar surface area (TPSA) is 78.9 Å². The Morgan fingerprint density at radius 2 is 2.06 bits per heavy atom. The van der Waals surface area contributed by atoms with Crippen molar-refractivity contribution in [2.45, 2.75) is 26.2 Å². The molecule has 1 aromatic carbocycles. The van der Waals surface area contributed by atoms with E-state index in [9.17, 15) is 9.90 Å². The Morgan fingerprint density at radius 3 is 2.56 bits per heavy atom. The predicted molar refractivity (Wildman–Crippen MR) is 67.6 cm³/mol. The molecular weight excluding hydrogens is 230 g/mol. The van der Waals surface area contributed by atoms with Gasteiger partial charge < -0.3 is 5.11 Å². The summed E-state index contributed by atoms with van der Waals surface area (Å²) in [5, 5.41) is 20.3. The lowest BCUT2D eigenvalue weighted by Crippen LogP contribution is -2.12. The molecule has 0 atom stereocenters. The fourth-order valence-electron chi connectivity index (χ4n) is 1.81. The van der Waals surface area contributed by atoms with Crippen molar-refractivity contribution in [3.8, 4) is 17.0 Å². The van der Waals surface area contributed by atoms with Crippen LogP contribution in [0.4, 0.5) is 0 Å². The van der Waals surface area contributed by atoms with Crippen molar-refractivity contribution in [1.82, 2.24) is 15.4 Å². The number of hydrogen-bond donors (Lipinski definition) is 2. The smallest absolute Gasteiger partial charge is 0.153 e. The van der Waals surface area contributed by atoms with Crippen molar-refractivity contribution in [2.75, 3.05) is 0 Å². The normalized spacial score (nSPS) is 11.5. The molecule has 18 heavy (non-hydrogen) atoms. The SMILES string of the molecule is CC(C)(C)c1cc(-c2c[nH]nn2)cc(C=O)c1O. The van der Waals surface area contributed by atoms with Gasteiger partial charge >= 0.3 is 0 Å². The van der Waals surface area contributed by atoms with Crippen LogP contribution in [0.25, 0.3) is 11.3 Å². The van der Waals surface area contributed by atoms with Crippen molar-refractivity contribution in [3.05, 3.63) is 29.5 Å². The standard InChI is InChI=1S/C13H15N3O2/c1-13(2,3)10-5-8(11-6-14-16-15-11)4-9(7-17)12(10)18/h4-7,18H,1-3H3,(H,14,15,16). The van der Waals surface area contributed by atoms with E-state index in [4.69, 9.17) is 0 Å². The number of phenols is 1. The first-order valence-electron chi connectivity index (χ1n) is 5.63. The number of aromatic nitrogens is 3. The molecule has 0 spiro atoms. The second kappa shape index (κ2) is 4.25. The number of rotatable bonds is 2. The van der Waals surface area contributed by atoms with Gasteiger partial charge in [0.25, 0.3) is 0 Å². The Labute approximate surface area is 105 Å². The largest absolute Gasteiger partial charge is 0.507 e. The highest BCUT2D eigenvalue weighted by Crippen LogP contribution is 2.36. The molecular formula is C13H15N3O2. The first kappa shape index (κ1) is 12.3. The van der Waals surface area contributed by atoms with Crippen molar-refractivity contribution >= 4 is 6.29 Å². The van der Waals surface area contributed by atoms with Gasteiger partial charge in [-0.3, -0.25) is 9.89 Å². The van der Waals surface area contributed by atoms with Crippen LogP contribution in [0.3, 0.4) is 0 Å². The highest BCUT2D eigenvalue weighted by molar-refractivity contribution is 5.83. The maximum atomic E-state index is 11.0. The Morgan fingerprint density at radius 1 is 1.33 bits per heavy atom. The van der Waals surface area contributed by atoms with Crippen LogP contribution in [0.1, 0.15) is 36.7 Å². The summed E-state index contributed by atoms with van der Waals surface area (Å²) in [5.41, 5.74) is 2.12. The van der Waals surface area contributed by atoms with Crippen molar-refractivity contribution in [1.29, 1.82) is 0 Å². The number of nitrogens with zero attached hydrogens (tertiary/aromatic N) is 2. The zero-order chi connectivity index (χ0) is 13.3. The second-order valence-corrected chi connectivity index (χ2v) is 5.19. The molecule has 5 nitrogen and oxygen atoms in total. The molecule has 0 saturated carbocycles. The first-order valence-corrected chi connectivity index (χ1v) is 5.63. The number of carbonyl (C=O) groups excluding carboxylic acids is 1. The van der Waals surface area contributed by atoms with E-state index in [1.54, 1.807) is 12.3 Å². The summed E-state index contributed by atoms with van der Waals surface area (Å²) in [6.45, 7) is 5.93. The van der Waals surface area contributed by atoms with Gasteiger partial charge in [-0.2, -0.15) is 0 Å². The molecule has 2 N–H and O–H groups in total. The van der Waals surface area contributed by atoms with Crippen molar-refractivity contribution in [3.63, 3.8) is 0 Å². The van der Waals surface area contributed by atoms with Crippen LogP contribution >= 0.6 is 0 Å². The fraction of sp³-hybridized carbons (Fsp3) is 0.308. The number of aromatic hydroxyl groups is 1. The molecule has 0 amide bonds. The molecule has 5 heteroatoms. The van der Waals surface area contributed by atoms with E-state index in [1.165, 1.54) is 0 Å². The van der Waals surface area contributed by atoms with Crippen LogP contribution in [0, 0.1) is 0 Å². The van der Waals surface area contributed by atoms with Crippen molar-refractivity contribution < 1.29 is 9.90 Å². The second-order valence-electron chi connectivity index (χ2n) is 5.19. The maximum Gasteiger partial charge on any atom is 0.153 e. The van der Waals surface area contributed by atoms with Gasteiger partial charge in [0.15, 0.2) is 6.29 Å². The van der Waals surface area contributed by atoms with Crippen LogP contribution < -0.4 is 0 Å². The molecule has 0 aliphatic rings. The first-order chi connectivity index (χ1) is 8.43. The average molecular weight is 245 g/mol. The van der Waals surface area contributed by atoms with E-state index < -0.39 is 0 Å². The van der Waals surface area contributed by atoms with Crippen molar-refractivity contribution in [2.24, 2.45) is 0 Å². The number of aldehydes is 1. The Kier molecular flexibility index (Phi) is 2.90. The molecule has 0 saturated heterocycles.